The number of benzene rings is 1. The minimum atomic E-state index is -0.689. The molecule has 3 saturated heterocycles. The number of piperidine rings is 2. The average molecular weight is 470 g/mol. The molecule has 0 aliphatic carbocycles. The summed E-state index contributed by atoms with van der Waals surface area (Å²) in [5.74, 6) is -0.399. The van der Waals surface area contributed by atoms with Gasteiger partial charge in [0.1, 0.15) is 12.1 Å². The third-order valence-electron chi connectivity index (χ3n) is 7.50. The van der Waals surface area contributed by atoms with Crippen molar-refractivity contribution in [1.29, 1.82) is 0 Å². The van der Waals surface area contributed by atoms with Crippen LogP contribution in [0.25, 0.3) is 11.0 Å². The summed E-state index contributed by atoms with van der Waals surface area (Å²) in [5.41, 5.74) is 8.17. The van der Waals surface area contributed by atoms with Crippen LogP contribution in [0.2, 0.25) is 0 Å². The van der Waals surface area contributed by atoms with E-state index in [0.29, 0.717) is 38.1 Å². The smallest absolute Gasteiger partial charge is 0.329 e. The molecule has 4 heterocycles. The van der Waals surface area contributed by atoms with Crippen molar-refractivity contribution >= 4 is 28.8 Å². The molecule has 3 atom stereocenters. The molecule has 1 aromatic carbocycles. The number of imide groups is 1. The van der Waals surface area contributed by atoms with E-state index >= 15 is 0 Å². The molecule has 5 rings (SSSR count). The van der Waals surface area contributed by atoms with E-state index in [0.717, 1.165) is 30.3 Å². The Balaban J connectivity index is 1.31. The van der Waals surface area contributed by atoms with Crippen LogP contribution < -0.4 is 16.7 Å². The van der Waals surface area contributed by atoms with E-state index in [1.165, 1.54) is 4.57 Å². The quantitative estimate of drug-likeness (QED) is 0.631. The van der Waals surface area contributed by atoms with Gasteiger partial charge in [0.05, 0.1) is 17.6 Å². The number of imidazole rings is 1. The number of hydrogen-bond acceptors (Lipinski definition) is 6. The number of nitrogens with two attached hydrogens (primary N) is 1. The maximum absolute atomic E-state index is 13.0. The van der Waals surface area contributed by atoms with Crippen molar-refractivity contribution < 1.29 is 19.1 Å². The Morgan fingerprint density at radius 1 is 1.06 bits per heavy atom. The number of likely N-dealkylation sites (tertiary alicyclic amines) is 1. The summed E-state index contributed by atoms with van der Waals surface area (Å²) in [6, 6.07) is 5.26. The standard InChI is InChI=1S/C24H31N5O5/c1-27-19-12-15(2-4-17(19)29(24(27)33)18-5-7-21(30)26-22(18)31)14-8-10-28(11-9-14)23(32)20-6-3-16(25)13-34-20/h2,4,12,14,16,18,20H,3,5-11,13,25H2,1H3,(H,26,30,31). The van der Waals surface area contributed by atoms with Crippen LogP contribution in [0.1, 0.15) is 56.0 Å². The molecule has 1 aromatic heterocycles. The number of aryl methyl sites for hydroxylation is 1. The van der Waals surface area contributed by atoms with Crippen LogP contribution in [0, 0.1) is 0 Å². The number of hydrogen-bond donors (Lipinski definition) is 2. The number of carbonyl (C=O) groups is 3. The van der Waals surface area contributed by atoms with Gasteiger partial charge in [-0.25, -0.2) is 4.79 Å². The molecule has 3 fully saturated rings. The Morgan fingerprint density at radius 3 is 2.50 bits per heavy atom. The molecule has 0 radical (unpaired) electrons. The maximum atomic E-state index is 13.0. The van der Waals surface area contributed by atoms with Crippen molar-refractivity contribution in [2.75, 3.05) is 19.7 Å². The number of nitrogens with zero attached hydrogens (tertiary/aromatic N) is 3. The fourth-order valence-corrected chi connectivity index (χ4v) is 5.47. The van der Waals surface area contributed by atoms with Crippen LogP contribution >= 0.6 is 0 Å². The number of ether oxygens (including phenoxy) is 1. The zero-order valence-corrected chi connectivity index (χ0v) is 19.4. The van der Waals surface area contributed by atoms with Crippen LogP contribution in [0.15, 0.2) is 23.0 Å². The number of amides is 3. The molecule has 182 valence electrons. The zero-order chi connectivity index (χ0) is 24.0. The van der Waals surface area contributed by atoms with E-state index in [-0.39, 0.29) is 42.0 Å². The van der Waals surface area contributed by atoms with Crippen LogP contribution in [-0.4, -0.2) is 63.6 Å². The highest BCUT2D eigenvalue weighted by Gasteiger charge is 2.33. The summed E-state index contributed by atoms with van der Waals surface area (Å²) in [6.07, 6.45) is 3.31. The van der Waals surface area contributed by atoms with Crippen LogP contribution in [-0.2, 0) is 26.2 Å². The van der Waals surface area contributed by atoms with Gasteiger partial charge in [-0.2, -0.15) is 0 Å². The predicted octanol–water partition coefficient (Wildman–Crippen LogP) is 0.530. The molecule has 0 bridgehead atoms. The largest absolute Gasteiger partial charge is 0.367 e. The normalized spacial score (nSPS) is 26.6. The summed E-state index contributed by atoms with van der Waals surface area (Å²) < 4.78 is 8.72. The molecule has 3 amide bonds. The van der Waals surface area contributed by atoms with Crippen molar-refractivity contribution in [3.8, 4) is 0 Å². The van der Waals surface area contributed by atoms with Crippen LogP contribution in [0.4, 0.5) is 0 Å². The predicted molar refractivity (Wildman–Crippen MR) is 124 cm³/mol. The minimum Gasteiger partial charge on any atom is -0.367 e. The first-order valence-corrected chi connectivity index (χ1v) is 12.0. The Kier molecular flexibility index (Phi) is 6.03. The Bertz CT molecular complexity index is 1180. The highest BCUT2D eigenvalue weighted by atomic mass is 16.5. The van der Waals surface area contributed by atoms with Gasteiger partial charge in [0.25, 0.3) is 5.91 Å². The van der Waals surface area contributed by atoms with Crippen LogP contribution in [0.3, 0.4) is 0 Å². The van der Waals surface area contributed by atoms with Gasteiger partial charge in [-0.1, -0.05) is 6.07 Å². The van der Waals surface area contributed by atoms with E-state index in [4.69, 9.17) is 10.5 Å². The topological polar surface area (TPSA) is 129 Å². The summed E-state index contributed by atoms with van der Waals surface area (Å²) in [7, 11) is 1.70. The van der Waals surface area contributed by atoms with Crippen molar-refractivity contribution in [3.63, 3.8) is 0 Å². The molecule has 34 heavy (non-hydrogen) atoms. The first kappa shape index (κ1) is 22.8. The summed E-state index contributed by atoms with van der Waals surface area (Å²) >= 11 is 0. The van der Waals surface area contributed by atoms with Crippen molar-refractivity contribution in [3.05, 3.63) is 34.2 Å². The SMILES string of the molecule is Cn1c(=O)n(C2CCC(=O)NC2=O)c2ccc(C3CCN(C(=O)C4CCC(N)CO4)CC3)cc21. The highest BCUT2D eigenvalue weighted by Crippen LogP contribution is 2.32. The third kappa shape index (κ3) is 4.05. The summed E-state index contributed by atoms with van der Waals surface area (Å²) in [6.45, 7) is 1.78. The molecule has 3 unspecified atom stereocenters. The molecular weight excluding hydrogens is 438 g/mol. The molecule has 3 N–H and O–H groups in total. The second-order valence-electron chi connectivity index (χ2n) is 9.69. The highest BCUT2D eigenvalue weighted by molar-refractivity contribution is 6.00. The van der Waals surface area contributed by atoms with Gasteiger partial charge in [-0.15, -0.1) is 0 Å². The van der Waals surface area contributed by atoms with E-state index < -0.39 is 11.9 Å². The number of rotatable bonds is 3. The lowest BCUT2D eigenvalue weighted by molar-refractivity contribution is -0.148. The van der Waals surface area contributed by atoms with Crippen LogP contribution in [0.5, 0.6) is 0 Å². The minimum absolute atomic E-state index is 0.0190. The number of aromatic nitrogens is 2. The van der Waals surface area contributed by atoms with Crippen molar-refractivity contribution in [2.45, 2.75) is 62.6 Å². The molecule has 0 saturated carbocycles. The fourth-order valence-electron chi connectivity index (χ4n) is 5.47. The van der Waals surface area contributed by atoms with E-state index in [2.05, 4.69) is 5.32 Å². The lowest BCUT2D eigenvalue weighted by Gasteiger charge is -2.36. The second kappa shape index (κ2) is 8.99. The first-order chi connectivity index (χ1) is 16.3. The maximum Gasteiger partial charge on any atom is 0.329 e. The van der Waals surface area contributed by atoms with E-state index in [1.807, 2.05) is 23.1 Å². The summed E-state index contributed by atoms with van der Waals surface area (Å²) in [5, 5.41) is 2.34. The van der Waals surface area contributed by atoms with Gasteiger partial charge < -0.3 is 15.4 Å². The first-order valence-electron chi connectivity index (χ1n) is 12.0. The Morgan fingerprint density at radius 2 is 1.82 bits per heavy atom. The zero-order valence-electron chi connectivity index (χ0n) is 19.4. The third-order valence-corrected chi connectivity index (χ3v) is 7.50. The van der Waals surface area contributed by atoms with E-state index in [9.17, 15) is 19.2 Å². The Labute approximate surface area is 197 Å². The average Bonchev–Trinajstić information content (AvgIpc) is 3.09. The monoisotopic (exact) mass is 469 g/mol. The van der Waals surface area contributed by atoms with Crippen molar-refractivity contribution in [1.82, 2.24) is 19.4 Å². The molecule has 0 spiro atoms. The summed E-state index contributed by atoms with van der Waals surface area (Å²) in [4.78, 5) is 51.6. The lowest BCUT2D eigenvalue weighted by atomic mass is 9.89. The molecule has 3 aliphatic rings. The molecule has 2 aromatic rings. The number of carbonyl (C=O) groups excluding carboxylic acids is 3. The molecule has 10 heteroatoms. The number of nitrogens with one attached hydrogen (secondary N) is 1. The van der Waals surface area contributed by atoms with Gasteiger partial charge >= 0.3 is 5.69 Å². The van der Waals surface area contributed by atoms with Gasteiger partial charge in [0.15, 0.2) is 0 Å². The molecular formula is C24H31N5O5. The second-order valence-corrected chi connectivity index (χ2v) is 9.69. The van der Waals surface area contributed by atoms with Gasteiger partial charge in [-0.3, -0.25) is 28.8 Å². The lowest BCUT2D eigenvalue weighted by Crippen LogP contribution is -2.48. The van der Waals surface area contributed by atoms with Gasteiger partial charge in [0, 0.05) is 32.6 Å². The van der Waals surface area contributed by atoms with E-state index in [1.54, 1.807) is 11.6 Å². The van der Waals surface area contributed by atoms with Gasteiger partial charge in [-0.05, 0) is 55.7 Å². The fraction of sp³-hybridized carbons (Fsp3) is 0.583. The number of fused-ring (bicyclic) bond motifs is 1. The van der Waals surface area contributed by atoms with Crippen molar-refractivity contribution in [2.24, 2.45) is 12.8 Å². The Hall–Kier alpha value is -2.98. The van der Waals surface area contributed by atoms with Gasteiger partial charge in [0.2, 0.25) is 11.8 Å². The molecule has 10 nitrogen and oxygen atoms in total. The molecule has 3 aliphatic heterocycles.